The molecule has 0 aliphatic heterocycles. The maximum absolute atomic E-state index is 13.6. The van der Waals surface area contributed by atoms with Gasteiger partial charge in [-0.1, -0.05) is 104 Å². The molecule has 1 N–H and O–H groups in total. The number of thioether (sulfide) groups is 1. The highest BCUT2D eigenvalue weighted by Crippen LogP contribution is 2.22. The molecule has 0 saturated carbocycles. The van der Waals surface area contributed by atoms with Crippen molar-refractivity contribution in [2.75, 3.05) is 12.3 Å². The van der Waals surface area contributed by atoms with Crippen molar-refractivity contribution in [2.24, 2.45) is 0 Å². The summed E-state index contributed by atoms with van der Waals surface area (Å²) in [5, 5.41) is 3.64. The van der Waals surface area contributed by atoms with Crippen LogP contribution in [0.1, 0.15) is 36.5 Å². The predicted octanol–water partition coefficient (Wildman–Crippen LogP) is 6.13. The van der Waals surface area contributed by atoms with Gasteiger partial charge in [-0.2, -0.15) is 0 Å². The van der Waals surface area contributed by atoms with Crippen LogP contribution >= 0.6 is 23.4 Å². The number of halogens is 1. The molecule has 0 saturated heterocycles. The molecule has 0 radical (unpaired) electrons. The Kier molecular flexibility index (Phi) is 11.2. The third kappa shape index (κ3) is 8.75. The Balaban J connectivity index is 1.84. The Morgan fingerprint density at radius 3 is 2.20 bits per heavy atom. The molecule has 4 nitrogen and oxygen atoms in total. The summed E-state index contributed by atoms with van der Waals surface area (Å²) in [7, 11) is 0. The molecule has 3 rings (SSSR count). The van der Waals surface area contributed by atoms with Gasteiger partial charge >= 0.3 is 0 Å². The smallest absolute Gasteiger partial charge is 0.243 e. The quantitative estimate of drug-likeness (QED) is 0.282. The number of hydrogen-bond acceptors (Lipinski definition) is 3. The third-order valence-corrected chi connectivity index (χ3v) is 7.09. The van der Waals surface area contributed by atoms with Crippen LogP contribution in [-0.4, -0.2) is 35.1 Å². The molecular weight excluding hydrogens is 476 g/mol. The first-order valence-electron chi connectivity index (χ1n) is 12.0. The zero-order valence-corrected chi connectivity index (χ0v) is 21.7. The number of amides is 2. The number of carbonyl (C=O) groups excluding carboxylic acids is 2. The minimum Gasteiger partial charge on any atom is -0.354 e. The van der Waals surface area contributed by atoms with Crippen LogP contribution in [0.2, 0.25) is 5.02 Å². The van der Waals surface area contributed by atoms with Crippen LogP contribution in [0.3, 0.4) is 0 Å². The van der Waals surface area contributed by atoms with Crippen molar-refractivity contribution >= 4 is 35.2 Å². The van der Waals surface area contributed by atoms with Gasteiger partial charge in [0.15, 0.2) is 0 Å². The third-order valence-electron chi connectivity index (χ3n) is 5.74. The molecule has 0 aliphatic rings. The second-order valence-corrected chi connectivity index (χ2v) is 9.83. The molecule has 2 amide bonds. The molecule has 0 aliphatic carbocycles. The number of benzene rings is 3. The van der Waals surface area contributed by atoms with E-state index < -0.39 is 6.04 Å². The topological polar surface area (TPSA) is 49.4 Å². The van der Waals surface area contributed by atoms with Gasteiger partial charge < -0.3 is 10.2 Å². The zero-order valence-electron chi connectivity index (χ0n) is 20.2. The number of rotatable bonds is 13. The molecule has 3 aromatic carbocycles. The minimum atomic E-state index is -0.629. The van der Waals surface area contributed by atoms with Crippen molar-refractivity contribution in [2.45, 2.75) is 44.5 Å². The molecule has 1 atom stereocenters. The van der Waals surface area contributed by atoms with E-state index in [1.807, 2.05) is 72.8 Å². The monoisotopic (exact) mass is 508 g/mol. The predicted molar refractivity (Wildman–Crippen MR) is 146 cm³/mol. The SMILES string of the molecule is CCCCNC(=O)[C@@H](Cc1ccccc1)N(Cc1ccccc1Cl)C(=O)CSCc1ccccc1. The van der Waals surface area contributed by atoms with Gasteiger partial charge in [-0.15, -0.1) is 11.8 Å². The standard InChI is InChI=1S/C29H33ClN2O2S/c1-2-3-18-31-29(34)27(19-23-12-6-4-7-13-23)32(20-25-16-10-11-17-26(25)30)28(33)22-35-21-24-14-8-5-9-15-24/h4-17,27H,2-3,18-22H2,1H3,(H,31,34)/t27-/m1/s1. The van der Waals surface area contributed by atoms with Crippen LogP contribution in [-0.2, 0) is 28.3 Å². The first kappa shape index (κ1) is 26.8. The second-order valence-electron chi connectivity index (χ2n) is 8.44. The van der Waals surface area contributed by atoms with E-state index in [2.05, 4.69) is 24.4 Å². The van der Waals surface area contributed by atoms with Gasteiger partial charge in [0.2, 0.25) is 11.8 Å². The summed E-state index contributed by atoms with van der Waals surface area (Å²) < 4.78 is 0. The van der Waals surface area contributed by atoms with Crippen LogP contribution in [0.4, 0.5) is 0 Å². The lowest BCUT2D eigenvalue weighted by Crippen LogP contribution is -2.51. The van der Waals surface area contributed by atoms with Crippen molar-refractivity contribution in [1.82, 2.24) is 10.2 Å². The molecule has 184 valence electrons. The lowest BCUT2D eigenvalue weighted by atomic mass is 10.0. The Morgan fingerprint density at radius 2 is 1.54 bits per heavy atom. The molecule has 0 heterocycles. The molecule has 6 heteroatoms. The number of unbranched alkanes of at least 4 members (excludes halogenated alkanes) is 1. The van der Waals surface area contributed by atoms with E-state index in [-0.39, 0.29) is 24.1 Å². The van der Waals surface area contributed by atoms with Crippen LogP contribution < -0.4 is 5.32 Å². The fourth-order valence-electron chi connectivity index (χ4n) is 3.78. The van der Waals surface area contributed by atoms with Gasteiger partial charge in [0.05, 0.1) is 5.75 Å². The summed E-state index contributed by atoms with van der Waals surface area (Å²) >= 11 is 8.02. The first-order chi connectivity index (χ1) is 17.1. The van der Waals surface area contributed by atoms with Crippen molar-refractivity contribution in [1.29, 1.82) is 0 Å². The summed E-state index contributed by atoms with van der Waals surface area (Å²) in [6, 6.07) is 26.8. The fourth-order valence-corrected chi connectivity index (χ4v) is 4.85. The van der Waals surface area contributed by atoms with E-state index in [9.17, 15) is 9.59 Å². The molecule has 3 aromatic rings. The van der Waals surface area contributed by atoms with E-state index >= 15 is 0 Å². The summed E-state index contributed by atoms with van der Waals surface area (Å²) in [5.74, 6) is 0.819. The van der Waals surface area contributed by atoms with Gasteiger partial charge in [-0.3, -0.25) is 9.59 Å². The molecule has 0 aromatic heterocycles. The highest BCUT2D eigenvalue weighted by atomic mass is 35.5. The van der Waals surface area contributed by atoms with Gasteiger partial charge in [-0.05, 0) is 29.2 Å². The second kappa shape index (κ2) is 14.6. The normalized spacial score (nSPS) is 11.6. The van der Waals surface area contributed by atoms with Gasteiger partial charge in [0.25, 0.3) is 0 Å². The van der Waals surface area contributed by atoms with Crippen molar-refractivity contribution in [3.63, 3.8) is 0 Å². The van der Waals surface area contributed by atoms with Crippen molar-refractivity contribution in [3.8, 4) is 0 Å². The summed E-state index contributed by atoms with van der Waals surface area (Å²) in [4.78, 5) is 28.7. The summed E-state index contributed by atoms with van der Waals surface area (Å²) in [5.41, 5.74) is 3.01. The Labute approximate surface area is 218 Å². The average molecular weight is 509 g/mol. The van der Waals surface area contributed by atoms with Crippen LogP contribution in [0.25, 0.3) is 0 Å². The zero-order chi connectivity index (χ0) is 24.9. The maximum atomic E-state index is 13.6. The maximum Gasteiger partial charge on any atom is 0.243 e. The molecule has 0 bridgehead atoms. The van der Waals surface area contributed by atoms with Gasteiger partial charge in [0.1, 0.15) is 6.04 Å². The Bertz CT molecular complexity index is 1060. The summed E-state index contributed by atoms with van der Waals surface area (Å²) in [6.45, 7) is 2.96. The van der Waals surface area contributed by atoms with E-state index in [0.29, 0.717) is 18.0 Å². The highest BCUT2D eigenvalue weighted by Gasteiger charge is 2.30. The Morgan fingerprint density at radius 1 is 0.914 bits per heavy atom. The van der Waals surface area contributed by atoms with Crippen molar-refractivity contribution in [3.05, 3.63) is 107 Å². The number of nitrogens with zero attached hydrogens (tertiary/aromatic N) is 1. The highest BCUT2D eigenvalue weighted by molar-refractivity contribution is 7.99. The van der Waals surface area contributed by atoms with Gasteiger partial charge in [0, 0.05) is 30.3 Å². The molecule has 0 spiro atoms. The van der Waals surface area contributed by atoms with Gasteiger partial charge in [-0.25, -0.2) is 0 Å². The van der Waals surface area contributed by atoms with Crippen LogP contribution in [0.15, 0.2) is 84.9 Å². The minimum absolute atomic E-state index is 0.0718. The first-order valence-corrected chi connectivity index (χ1v) is 13.6. The van der Waals surface area contributed by atoms with E-state index in [1.165, 1.54) is 5.56 Å². The lowest BCUT2D eigenvalue weighted by Gasteiger charge is -2.32. The average Bonchev–Trinajstić information content (AvgIpc) is 2.88. The van der Waals surface area contributed by atoms with E-state index in [0.717, 1.165) is 29.7 Å². The number of carbonyl (C=O) groups is 2. The van der Waals surface area contributed by atoms with E-state index in [1.54, 1.807) is 16.7 Å². The van der Waals surface area contributed by atoms with Crippen LogP contribution in [0.5, 0.6) is 0 Å². The molecule has 0 fully saturated rings. The molecule has 35 heavy (non-hydrogen) atoms. The van der Waals surface area contributed by atoms with E-state index in [4.69, 9.17) is 11.6 Å². The number of hydrogen-bond donors (Lipinski definition) is 1. The number of nitrogens with one attached hydrogen (secondary N) is 1. The molecular formula is C29H33ClN2O2S. The molecule has 0 unspecified atom stereocenters. The lowest BCUT2D eigenvalue weighted by molar-refractivity contribution is -0.139. The summed E-state index contributed by atoms with van der Waals surface area (Å²) in [6.07, 6.45) is 2.33. The Hall–Kier alpha value is -2.76. The largest absolute Gasteiger partial charge is 0.354 e. The fraction of sp³-hybridized carbons (Fsp3) is 0.310. The van der Waals surface area contributed by atoms with Crippen molar-refractivity contribution < 1.29 is 9.59 Å². The van der Waals surface area contributed by atoms with Crippen LogP contribution in [0, 0.1) is 0 Å².